The van der Waals surface area contributed by atoms with Crippen molar-refractivity contribution in [2.45, 2.75) is 0 Å². The maximum atomic E-state index is 8.28. The van der Waals surface area contributed by atoms with E-state index < -0.39 is 0 Å². The Labute approximate surface area is 49.8 Å². The van der Waals surface area contributed by atoms with E-state index in [1.54, 1.807) is 0 Å². The molecule has 0 aliphatic heterocycles. The van der Waals surface area contributed by atoms with Crippen molar-refractivity contribution in [3.63, 3.8) is 0 Å². The Bertz CT molecular complexity index is 11.6. The summed E-state index contributed by atoms with van der Waals surface area (Å²) in [6.07, 6.45) is 0. The molecule has 5 heavy (non-hydrogen) atoms. The Balaban J connectivity index is -0.0000000133. The summed E-state index contributed by atoms with van der Waals surface area (Å²) in [5, 5.41) is 0. The Hall–Kier alpha value is 0.717. The van der Waals surface area contributed by atoms with E-state index in [2.05, 4.69) is 0 Å². The molecule has 0 spiro atoms. The monoisotopic (exact) mass is 128 g/mol. The van der Waals surface area contributed by atoms with Gasteiger partial charge in [-0.15, -0.1) is 0 Å². The first-order valence-corrected chi connectivity index (χ1v) is 1.15. The third kappa shape index (κ3) is 67.7. The Morgan fingerprint density at radius 2 is 1.20 bits per heavy atom. The van der Waals surface area contributed by atoms with E-state index in [4.69, 9.17) is 8.51 Å². The van der Waals surface area contributed by atoms with E-state index in [9.17, 15) is 0 Å². The molecule has 0 aromatic rings. The summed E-state index contributed by atoms with van der Waals surface area (Å²) in [5.41, 5.74) is 0. The summed E-state index contributed by atoms with van der Waals surface area (Å²) in [4.78, 5) is 0. The Morgan fingerprint density at radius 3 is 1.20 bits per heavy atom. The van der Waals surface area contributed by atoms with Crippen LogP contribution in [0.15, 0.2) is 0 Å². The first kappa shape index (κ1) is 17.2. The standard InChI is InChI=1S/Al.BHO.Fe.O.H/c;1-2;;;/h;1H;;;. The van der Waals surface area contributed by atoms with Crippen molar-refractivity contribution in [3.8, 4) is 0 Å². The molecule has 0 saturated carbocycles. The number of hydrogen-bond acceptors (Lipinski definition) is 2. The number of rotatable bonds is 0. The van der Waals surface area contributed by atoms with Crippen LogP contribution >= 0.6 is 0 Å². The summed E-state index contributed by atoms with van der Waals surface area (Å²) in [5.74, 6) is 0. The molecule has 0 heterocycles. The van der Waals surface area contributed by atoms with Crippen LogP contribution in [-0.2, 0) is 25.6 Å². The molecule has 0 rings (SSSR count). The van der Waals surface area contributed by atoms with Crippen molar-refractivity contribution in [2.24, 2.45) is 0 Å². The maximum absolute atomic E-state index is 8.28. The van der Waals surface area contributed by atoms with Gasteiger partial charge >= 0.3 is 32.4 Å². The van der Waals surface area contributed by atoms with Crippen LogP contribution in [-0.4, -0.2) is 23.9 Å². The molecule has 0 N–H and O–H groups in total. The molecule has 0 saturated heterocycles. The molecular weight excluding hydrogens is 126 g/mol. The average molecular weight is 128 g/mol. The molecule has 0 bridgehead atoms. The van der Waals surface area contributed by atoms with Crippen molar-refractivity contribution in [1.82, 2.24) is 0 Å². The van der Waals surface area contributed by atoms with Gasteiger partial charge in [-0.3, -0.25) is 0 Å². The second kappa shape index (κ2) is 127. The van der Waals surface area contributed by atoms with Crippen molar-refractivity contribution in [1.29, 1.82) is 0 Å². The minimum atomic E-state index is 0. The molecule has 28 valence electrons. The first-order valence-electron chi connectivity index (χ1n) is 0.577. The third-order valence-corrected chi connectivity index (χ3v) is 0. The molecule has 5 heteroatoms. The SMILES string of the molecule is B=O.[Fe].[O]=[AlH]. The second-order valence-corrected chi connectivity index (χ2v) is 0. The molecule has 0 amide bonds. The Morgan fingerprint density at radius 1 is 1.20 bits per heavy atom. The summed E-state index contributed by atoms with van der Waals surface area (Å²) in [6, 6.07) is 0. The molecule has 0 unspecified atom stereocenters. The van der Waals surface area contributed by atoms with Crippen LogP contribution < -0.4 is 0 Å². The van der Waals surface area contributed by atoms with Crippen LogP contribution in [0.25, 0.3) is 0 Å². The van der Waals surface area contributed by atoms with E-state index in [1.165, 1.54) is 0 Å². The van der Waals surface area contributed by atoms with Crippen LogP contribution in [0.4, 0.5) is 0 Å². The summed E-state index contributed by atoms with van der Waals surface area (Å²) < 4.78 is 16.3. The van der Waals surface area contributed by atoms with Gasteiger partial charge in [-0.2, -0.15) is 0 Å². The first-order chi connectivity index (χ1) is 2.00. The topological polar surface area (TPSA) is 34.1 Å². The van der Waals surface area contributed by atoms with Gasteiger partial charge in [0.2, 0.25) is 0 Å². The summed E-state index contributed by atoms with van der Waals surface area (Å²) in [6.45, 7) is 0. The van der Waals surface area contributed by atoms with Crippen molar-refractivity contribution >= 4 is 23.9 Å². The van der Waals surface area contributed by atoms with Crippen LogP contribution in [0, 0.1) is 0 Å². The predicted molar refractivity (Wildman–Crippen MR) is 15.7 cm³/mol. The van der Waals surface area contributed by atoms with Gasteiger partial charge in [-0.1, -0.05) is 0 Å². The molecular formula is H2AlBFeO2. The molecule has 0 fully saturated rings. The van der Waals surface area contributed by atoms with Crippen LogP contribution in [0.3, 0.4) is 0 Å². The average Bonchev–Trinajstić information content (AvgIpc) is 1.50. The van der Waals surface area contributed by atoms with Gasteiger partial charge in [0.05, 0.1) is 0 Å². The normalized spacial score (nSPS) is 1.20. The molecule has 2 nitrogen and oxygen atoms in total. The van der Waals surface area contributed by atoms with E-state index >= 15 is 0 Å². The van der Waals surface area contributed by atoms with Crippen LogP contribution in [0.2, 0.25) is 0 Å². The summed E-state index contributed by atoms with van der Waals surface area (Å²) in [7, 11) is 2.00. The second-order valence-electron chi connectivity index (χ2n) is 0. The summed E-state index contributed by atoms with van der Waals surface area (Å²) >= 11 is 0.611. The van der Waals surface area contributed by atoms with Crippen molar-refractivity contribution in [3.05, 3.63) is 0 Å². The van der Waals surface area contributed by atoms with E-state index in [0.717, 1.165) is 0 Å². The van der Waals surface area contributed by atoms with Gasteiger partial charge in [-0.25, -0.2) is 0 Å². The van der Waals surface area contributed by atoms with Gasteiger partial charge < -0.3 is 0 Å². The fourth-order valence-corrected chi connectivity index (χ4v) is 0. The molecule has 0 aromatic heterocycles. The van der Waals surface area contributed by atoms with Crippen molar-refractivity contribution < 1.29 is 25.6 Å². The van der Waals surface area contributed by atoms with Gasteiger partial charge in [0.25, 0.3) is 0 Å². The van der Waals surface area contributed by atoms with Gasteiger partial charge in [0.1, 0.15) is 0 Å². The molecule has 0 radical (unpaired) electrons. The zero-order valence-corrected chi connectivity index (χ0v) is 5.10. The number of hydrogen-bond donors (Lipinski definition) is 0. The van der Waals surface area contributed by atoms with Crippen LogP contribution in [0.5, 0.6) is 0 Å². The molecule has 0 aromatic carbocycles. The quantitative estimate of drug-likeness (QED) is 0.370. The third-order valence-electron chi connectivity index (χ3n) is 0. The van der Waals surface area contributed by atoms with Gasteiger partial charge in [0.15, 0.2) is 0 Å². The molecule has 0 atom stereocenters. The van der Waals surface area contributed by atoms with E-state index in [0.29, 0.717) is 16.2 Å². The minimum absolute atomic E-state index is 0. The fourth-order valence-electron chi connectivity index (χ4n) is 0. The molecule has 0 aliphatic rings. The van der Waals surface area contributed by atoms with Crippen LogP contribution in [0.1, 0.15) is 0 Å². The van der Waals surface area contributed by atoms with Gasteiger partial charge in [-0.05, 0) is 0 Å². The van der Waals surface area contributed by atoms with E-state index in [1.807, 2.05) is 7.72 Å². The van der Waals surface area contributed by atoms with Crippen molar-refractivity contribution in [2.75, 3.05) is 0 Å². The zero-order valence-electron chi connectivity index (χ0n) is 2.58. The predicted octanol–water partition coefficient (Wildman–Crippen LogP) is -1.54. The molecule has 0 aliphatic carbocycles. The fraction of sp³-hybridized carbons (Fsp3) is 0. The van der Waals surface area contributed by atoms with Gasteiger partial charge in [0, 0.05) is 17.1 Å². The Kier molecular flexibility index (Phi) is 437. The zero-order chi connectivity index (χ0) is 4.00. The van der Waals surface area contributed by atoms with E-state index in [-0.39, 0.29) is 17.1 Å².